The van der Waals surface area contributed by atoms with Crippen molar-refractivity contribution >= 4 is 21.6 Å². The molecule has 0 saturated carbocycles. The van der Waals surface area contributed by atoms with Crippen molar-refractivity contribution in [3.63, 3.8) is 0 Å². The Kier molecular flexibility index (Phi) is 7.63. The predicted molar refractivity (Wildman–Crippen MR) is 115 cm³/mol. The molecule has 152 valence electrons. The van der Waals surface area contributed by atoms with Gasteiger partial charge in [0.2, 0.25) is 15.9 Å². The lowest BCUT2D eigenvalue weighted by Gasteiger charge is -2.31. The zero-order chi connectivity index (χ0) is 20.7. The molecule has 0 spiro atoms. The Morgan fingerprint density at radius 3 is 2.21 bits per heavy atom. The second-order valence-electron chi connectivity index (χ2n) is 7.25. The van der Waals surface area contributed by atoms with Crippen LogP contribution >= 0.6 is 0 Å². The fourth-order valence-electron chi connectivity index (χ4n) is 3.19. The molecular weight excluding hydrogens is 372 g/mol. The van der Waals surface area contributed by atoms with Gasteiger partial charge >= 0.3 is 0 Å². The van der Waals surface area contributed by atoms with Crippen LogP contribution < -0.4 is 9.62 Å². The van der Waals surface area contributed by atoms with E-state index in [2.05, 4.69) is 17.4 Å². The Balaban J connectivity index is 2.11. The van der Waals surface area contributed by atoms with Crippen LogP contribution in [-0.4, -0.2) is 32.7 Å². The average molecular weight is 403 g/mol. The molecule has 1 N–H and O–H groups in total. The summed E-state index contributed by atoms with van der Waals surface area (Å²) in [6.07, 6.45) is 3.17. The molecule has 6 heteroatoms. The molecule has 5 nitrogen and oxygen atoms in total. The SMILES string of the molecule is CC[C@H](C(=O)N[C@H](C)CCc1ccccc1)N(c1ccc(C)cc1)S(C)(=O)=O. The first-order chi connectivity index (χ1) is 13.2. The van der Waals surface area contributed by atoms with E-state index >= 15 is 0 Å². The van der Waals surface area contributed by atoms with Crippen LogP contribution in [0.2, 0.25) is 0 Å². The predicted octanol–water partition coefficient (Wildman–Crippen LogP) is 3.68. The molecule has 0 saturated heterocycles. The number of aryl methyl sites for hydroxylation is 2. The van der Waals surface area contributed by atoms with Crippen molar-refractivity contribution in [3.05, 3.63) is 65.7 Å². The standard InChI is InChI=1S/C22H30N2O3S/c1-5-21(24(28(4,26)27)20-15-11-17(2)12-16-20)22(25)23-18(3)13-14-19-9-7-6-8-10-19/h6-12,15-16,18,21H,5,13-14H2,1-4H3,(H,23,25)/t18-,21-/m1/s1. The van der Waals surface area contributed by atoms with Gasteiger partial charge in [0.05, 0.1) is 11.9 Å². The van der Waals surface area contributed by atoms with Gasteiger partial charge < -0.3 is 5.32 Å². The van der Waals surface area contributed by atoms with Crippen molar-refractivity contribution in [3.8, 4) is 0 Å². The van der Waals surface area contributed by atoms with Gasteiger partial charge in [-0.2, -0.15) is 0 Å². The molecule has 0 fully saturated rings. The highest BCUT2D eigenvalue weighted by Gasteiger charge is 2.31. The van der Waals surface area contributed by atoms with E-state index in [1.807, 2.05) is 51.1 Å². The molecule has 0 aliphatic carbocycles. The molecule has 2 atom stereocenters. The largest absolute Gasteiger partial charge is 0.352 e. The molecule has 28 heavy (non-hydrogen) atoms. The summed E-state index contributed by atoms with van der Waals surface area (Å²) >= 11 is 0. The Labute approximate surface area is 168 Å². The normalized spacial score (nSPS) is 13.6. The van der Waals surface area contributed by atoms with Crippen LogP contribution in [0.3, 0.4) is 0 Å². The van der Waals surface area contributed by atoms with Crippen LogP contribution in [-0.2, 0) is 21.2 Å². The van der Waals surface area contributed by atoms with E-state index in [4.69, 9.17) is 0 Å². The van der Waals surface area contributed by atoms with Gasteiger partial charge in [-0.3, -0.25) is 9.10 Å². The van der Waals surface area contributed by atoms with Gasteiger partial charge in [-0.15, -0.1) is 0 Å². The van der Waals surface area contributed by atoms with Crippen LogP contribution in [0.25, 0.3) is 0 Å². The van der Waals surface area contributed by atoms with E-state index in [0.717, 1.165) is 24.7 Å². The lowest BCUT2D eigenvalue weighted by atomic mass is 10.1. The molecule has 0 unspecified atom stereocenters. The number of hydrogen-bond donors (Lipinski definition) is 1. The number of nitrogens with one attached hydrogen (secondary N) is 1. The first-order valence-electron chi connectivity index (χ1n) is 9.62. The van der Waals surface area contributed by atoms with Crippen LogP contribution in [0.5, 0.6) is 0 Å². The van der Waals surface area contributed by atoms with Gasteiger partial charge in [-0.25, -0.2) is 8.42 Å². The second kappa shape index (κ2) is 9.73. The Morgan fingerprint density at radius 1 is 1.07 bits per heavy atom. The maximum absolute atomic E-state index is 12.9. The topological polar surface area (TPSA) is 66.5 Å². The summed E-state index contributed by atoms with van der Waals surface area (Å²) in [6, 6.07) is 16.4. The molecule has 0 bridgehead atoms. The molecule has 0 heterocycles. The third kappa shape index (κ3) is 6.09. The van der Waals surface area contributed by atoms with Crippen molar-refractivity contribution in [2.24, 2.45) is 0 Å². The zero-order valence-corrected chi connectivity index (χ0v) is 17.9. The van der Waals surface area contributed by atoms with Crippen LogP contribution in [0.1, 0.15) is 37.8 Å². The average Bonchev–Trinajstić information content (AvgIpc) is 2.65. The number of rotatable bonds is 9. The monoisotopic (exact) mass is 402 g/mol. The molecule has 1 amide bonds. The van der Waals surface area contributed by atoms with Crippen molar-refractivity contribution in [1.82, 2.24) is 5.32 Å². The van der Waals surface area contributed by atoms with Crippen LogP contribution in [0.15, 0.2) is 54.6 Å². The molecule has 0 aromatic heterocycles. The maximum Gasteiger partial charge on any atom is 0.244 e. The van der Waals surface area contributed by atoms with Crippen LogP contribution in [0, 0.1) is 6.92 Å². The highest BCUT2D eigenvalue weighted by molar-refractivity contribution is 7.92. The van der Waals surface area contributed by atoms with Crippen molar-refractivity contribution in [1.29, 1.82) is 0 Å². The fourth-order valence-corrected chi connectivity index (χ4v) is 4.40. The summed E-state index contributed by atoms with van der Waals surface area (Å²) in [6.45, 7) is 5.71. The van der Waals surface area contributed by atoms with Gasteiger partial charge in [-0.05, 0) is 50.8 Å². The van der Waals surface area contributed by atoms with E-state index in [-0.39, 0.29) is 11.9 Å². The second-order valence-corrected chi connectivity index (χ2v) is 9.11. The van der Waals surface area contributed by atoms with E-state index in [0.29, 0.717) is 12.1 Å². The summed E-state index contributed by atoms with van der Waals surface area (Å²) < 4.78 is 26.2. The molecule has 2 rings (SSSR count). The van der Waals surface area contributed by atoms with E-state index < -0.39 is 16.1 Å². The molecule has 2 aromatic rings. The third-order valence-corrected chi connectivity index (χ3v) is 5.90. The highest BCUT2D eigenvalue weighted by Crippen LogP contribution is 2.23. The summed E-state index contributed by atoms with van der Waals surface area (Å²) in [5, 5.41) is 2.99. The van der Waals surface area contributed by atoms with E-state index in [1.165, 1.54) is 9.87 Å². The zero-order valence-electron chi connectivity index (χ0n) is 17.1. The summed E-state index contributed by atoms with van der Waals surface area (Å²) in [4.78, 5) is 12.9. The van der Waals surface area contributed by atoms with Crippen LogP contribution in [0.4, 0.5) is 5.69 Å². The van der Waals surface area contributed by atoms with Gasteiger partial charge in [0, 0.05) is 6.04 Å². The summed E-state index contributed by atoms with van der Waals surface area (Å²) in [7, 11) is -3.61. The summed E-state index contributed by atoms with van der Waals surface area (Å²) in [5.41, 5.74) is 2.75. The molecule has 0 radical (unpaired) electrons. The molecule has 2 aromatic carbocycles. The molecule has 0 aliphatic heterocycles. The Bertz CT molecular complexity index is 864. The number of amides is 1. The number of anilines is 1. The van der Waals surface area contributed by atoms with Gasteiger partial charge in [0.25, 0.3) is 0 Å². The van der Waals surface area contributed by atoms with Gasteiger partial charge in [-0.1, -0.05) is 55.0 Å². The fraction of sp³-hybridized carbons (Fsp3) is 0.409. The maximum atomic E-state index is 12.9. The van der Waals surface area contributed by atoms with Gasteiger partial charge in [0.1, 0.15) is 6.04 Å². The minimum Gasteiger partial charge on any atom is -0.352 e. The number of carbonyl (C=O) groups excluding carboxylic acids is 1. The number of hydrogen-bond acceptors (Lipinski definition) is 3. The molecule has 0 aliphatic rings. The first-order valence-corrected chi connectivity index (χ1v) is 11.5. The lowest BCUT2D eigenvalue weighted by Crippen LogP contribution is -2.51. The summed E-state index contributed by atoms with van der Waals surface area (Å²) in [5.74, 6) is -0.269. The number of sulfonamides is 1. The Hall–Kier alpha value is -2.34. The minimum atomic E-state index is -3.61. The van der Waals surface area contributed by atoms with Gasteiger partial charge in [0.15, 0.2) is 0 Å². The minimum absolute atomic E-state index is 0.0545. The molecular formula is C22H30N2O3S. The van der Waals surface area contributed by atoms with Crippen molar-refractivity contribution in [2.75, 3.05) is 10.6 Å². The Morgan fingerprint density at radius 2 is 1.68 bits per heavy atom. The lowest BCUT2D eigenvalue weighted by molar-refractivity contribution is -0.122. The van der Waals surface area contributed by atoms with E-state index in [1.54, 1.807) is 12.1 Å². The third-order valence-electron chi connectivity index (χ3n) is 4.72. The quantitative estimate of drug-likeness (QED) is 0.696. The number of carbonyl (C=O) groups is 1. The first kappa shape index (κ1) is 22.0. The number of benzene rings is 2. The van der Waals surface area contributed by atoms with E-state index in [9.17, 15) is 13.2 Å². The highest BCUT2D eigenvalue weighted by atomic mass is 32.2. The van der Waals surface area contributed by atoms with Crippen molar-refractivity contribution < 1.29 is 13.2 Å². The number of nitrogens with zero attached hydrogens (tertiary/aromatic N) is 1. The smallest absolute Gasteiger partial charge is 0.244 e. The van der Waals surface area contributed by atoms with Crippen molar-refractivity contribution in [2.45, 2.75) is 52.1 Å².